The molecule has 1 heterocycles. The van der Waals surface area contributed by atoms with Crippen LogP contribution in [-0.4, -0.2) is 33.3 Å². The molecule has 1 unspecified atom stereocenters. The Morgan fingerprint density at radius 1 is 1.62 bits per heavy atom. The van der Waals surface area contributed by atoms with Crippen molar-refractivity contribution in [1.82, 2.24) is 15.1 Å². The minimum atomic E-state index is -0.855. The number of amides is 1. The second kappa shape index (κ2) is 5.29. The maximum absolute atomic E-state index is 11.5. The number of carbonyl (C=O) groups is 2. The van der Waals surface area contributed by atoms with Crippen molar-refractivity contribution in [2.75, 3.05) is 6.54 Å². The standard InChI is InChI=1S/C10H15N3O3/c1-7(10(15)16)3-5-11-9(14)8-4-6-13(2)12-8/h4,6-7H,3,5H2,1-2H3,(H,11,14)(H,15,16). The van der Waals surface area contributed by atoms with Gasteiger partial charge in [-0.2, -0.15) is 5.10 Å². The molecule has 0 radical (unpaired) electrons. The Kier molecular flexibility index (Phi) is 4.04. The molecule has 0 saturated heterocycles. The fourth-order valence-corrected chi connectivity index (χ4v) is 1.15. The summed E-state index contributed by atoms with van der Waals surface area (Å²) < 4.78 is 1.54. The van der Waals surface area contributed by atoms with Gasteiger partial charge in [-0.05, 0) is 12.5 Å². The fraction of sp³-hybridized carbons (Fsp3) is 0.500. The van der Waals surface area contributed by atoms with Gasteiger partial charge in [-0.25, -0.2) is 0 Å². The molecule has 0 aromatic carbocycles. The summed E-state index contributed by atoms with van der Waals surface area (Å²) in [7, 11) is 1.73. The van der Waals surface area contributed by atoms with Crippen LogP contribution in [0.1, 0.15) is 23.8 Å². The molecule has 0 spiro atoms. The van der Waals surface area contributed by atoms with Crippen molar-refractivity contribution in [2.45, 2.75) is 13.3 Å². The van der Waals surface area contributed by atoms with E-state index in [1.165, 1.54) is 4.68 Å². The van der Waals surface area contributed by atoms with Gasteiger partial charge in [0.15, 0.2) is 0 Å². The molecule has 0 aliphatic carbocycles. The van der Waals surface area contributed by atoms with Crippen molar-refractivity contribution in [3.8, 4) is 0 Å². The minimum Gasteiger partial charge on any atom is -0.481 e. The highest BCUT2D eigenvalue weighted by Gasteiger charge is 2.12. The normalized spacial score (nSPS) is 12.1. The Bertz CT molecular complexity index is 386. The molecule has 1 amide bonds. The highest BCUT2D eigenvalue weighted by molar-refractivity contribution is 5.92. The molecule has 0 aliphatic rings. The van der Waals surface area contributed by atoms with Crippen LogP contribution in [-0.2, 0) is 11.8 Å². The first-order valence-corrected chi connectivity index (χ1v) is 5.01. The highest BCUT2D eigenvalue weighted by Crippen LogP contribution is 2.00. The van der Waals surface area contributed by atoms with E-state index >= 15 is 0 Å². The van der Waals surface area contributed by atoms with Gasteiger partial charge in [0.25, 0.3) is 5.91 Å². The predicted molar refractivity (Wildman–Crippen MR) is 57.0 cm³/mol. The Morgan fingerprint density at radius 2 is 2.31 bits per heavy atom. The fourth-order valence-electron chi connectivity index (χ4n) is 1.15. The first-order chi connectivity index (χ1) is 7.50. The maximum Gasteiger partial charge on any atom is 0.306 e. The van der Waals surface area contributed by atoms with Crippen LogP contribution in [0.15, 0.2) is 12.3 Å². The third-order valence-electron chi connectivity index (χ3n) is 2.23. The van der Waals surface area contributed by atoms with Gasteiger partial charge in [0.1, 0.15) is 5.69 Å². The zero-order chi connectivity index (χ0) is 12.1. The largest absolute Gasteiger partial charge is 0.481 e. The summed E-state index contributed by atoms with van der Waals surface area (Å²) in [5.74, 6) is -1.59. The molecule has 1 atom stereocenters. The number of hydrogen-bond donors (Lipinski definition) is 2. The number of carboxylic acids is 1. The van der Waals surface area contributed by atoms with E-state index in [1.807, 2.05) is 0 Å². The molecular formula is C10H15N3O3. The molecule has 1 aromatic rings. The van der Waals surface area contributed by atoms with Gasteiger partial charge >= 0.3 is 5.97 Å². The molecule has 88 valence electrons. The van der Waals surface area contributed by atoms with E-state index in [-0.39, 0.29) is 5.91 Å². The molecular weight excluding hydrogens is 210 g/mol. The van der Waals surface area contributed by atoms with Crippen LogP contribution in [0.5, 0.6) is 0 Å². The van der Waals surface area contributed by atoms with Gasteiger partial charge in [-0.1, -0.05) is 6.92 Å². The number of rotatable bonds is 5. The lowest BCUT2D eigenvalue weighted by Crippen LogP contribution is -2.27. The second-order valence-corrected chi connectivity index (χ2v) is 3.66. The van der Waals surface area contributed by atoms with Gasteiger partial charge in [0.05, 0.1) is 5.92 Å². The zero-order valence-electron chi connectivity index (χ0n) is 9.30. The smallest absolute Gasteiger partial charge is 0.306 e. The Hall–Kier alpha value is -1.85. The Labute approximate surface area is 93.3 Å². The van der Waals surface area contributed by atoms with Gasteiger partial charge in [-0.15, -0.1) is 0 Å². The van der Waals surface area contributed by atoms with Crippen molar-refractivity contribution in [2.24, 2.45) is 13.0 Å². The van der Waals surface area contributed by atoms with Crippen LogP contribution in [0, 0.1) is 5.92 Å². The molecule has 2 N–H and O–H groups in total. The van der Waals surface area contributed by atoms with Crippen molar-refractivity contribution >= 4 is 11.9 Å². The molecule has 16 heavy (non-hydrogen) atoms. The van der Waals surface area contributed by atoms with E-state index < -0.39 is 11.9 Å². The molecule has 0 aliphatic heterocycles. The van der Waals surface area contributed by atoms with E-state index in [2.05, 4.69) is 10.4 Å². The molecule has 1 aromatic heterocycles. The highest BCUT2D eigenvalue weighted by atomic mass is 16.4. The van der Waals surface area contributed by atoms with Gasteiger partial charge in [-0.3, -0.25) is 14.3 Å². The van der Waals surface area contributed by atoms with E-state index in [1.54, 1.807) is 26.2 Å². The predicted octanol–water partition coefficient (Wildman–Crippen LogP) is 0.261. The summed E-state index contributed by atoms with van der Waals surface area (Å²) in [6.45, 7) is 1.94. The Morgan fingerprint density at radius 3 is 2.81 bits per heavy atom. The maximum atomic E-state index is 11.5. The quantitative estimate of drug-likeness (QED) is 0.752. The monoisotopic (exact) mass is 225 g/mol. The van der Waals surface area contributed by atoms with E-state index in [0.717, 1.165) is 0 Å². The van der Waals surface area contributed by atoms with Gasteiger partial charge < -0.3 is 10.4 Å². The molecule has 0 fully saturated rings. The van der Waals surface area contributed by atoms with E-state index in [4.69, 9.17) is 5.11 Å². The summed E-state index contributed by atoms with van der Waals surface area (Å²) in [5, 5.41) is 15.2. The third-order valence-corrected chi connectivity index (χ3v) is 2.23. The number of nitrogens with zero attached hydrogens (tertiary/aromatic N) is 2. The van der Waals surface area contributed by atoms with E-state index in [0.29, 0.717) is 18.7 Å². The van der Waals surface area contributed by atoms with Crippen molar-refractivity contribution in [3.05, 3.63) is 18.0 Å². The summed E-state index contributed by atoms with van der Waals surface area (Å²) in [5.41, 5.74) is 0.338. The summed E-state index contributed by atoms with van der Waals surface area (Å²) in [6.07, 6.45) is 2.09. The third kappa shape index (κ3) is 3.38. The molecule has 0 saturated carbocycles. The van der Waals surface area contributed by atoms with Gasteiger partial charge in [0.2, 0.25) is 0 Å². The lowest BCUT2D eigenvalue weighted by atomic mass is 10.1. The summed E-state index contributed by atoms with van der Waals surface area (Å²) >= 11 is 0. The van der Waals surface area contributed by atoms with Crippen molar-refractivity contribution in [3.63, 3.8) is 0 Å². The molecule has 1 rings (SSSR count). The first kappa shape index (κ1) is 12.2. The van der Waals surface area contributed by atoms with Crippen LogP contribution < -0.4 is 5.32 Å². The molecule has 6 heteroatoms. The number of carboxylic acid groups (broad SMARTS) is 1. The van der Waals surface area contributed by atoms with E-state index in [9.17, 15) is 9.59 Å². The Balaban J connectivity index is 2.34. The topological polar surface area (TPSA) is 84.2 Å². The number of aliphatic carboxylic acids is 1. The number of carbonyl (C=O) groups excluding carboxylic acids is 1. The molecule has 0 bridgehead atoms. The lowest BCUT2D eigenvalue weighted by molar-refractivity contribution is -0.141. The SMILES string of the molecule is CC(CCNC(=O)c1ccn(C)n1)C(=O)O. The first-order valence-electron chi connectivity index (χ1n) is 5.01. The average molecular weight is 225 g/mol. The number of aryl methyl sites for hydroxylation is 1. The lowest BCUT2D eigenvalue weighted by Gasteiger charge is -2.06. The van der Waals surface area contributed by atoms with Gasteiger partial charge in [0, 0.05) is 19.8 Å². The van der Waals surface area contributed by atoms with Crippen molar-refractivity contribution < 1.29 is 14.7 Å². The number of aromatic nitrogens is 2. The van der Waals surface area contributed by atoms with Crippen LogP contribution in [0.3, 0.4) is 0 Å². The van der Waals surface area contributed by atoms with Crippen LogP contribution in [0.25, 0.3) is 0 Å². The minimum absolute atomic E-state index is 0.279. The van der Waals surface area contributed by atoms with Crippen LogP contribution >= 0.6 is 0 Å². The summed E-state index contributed by atoms with van der Waals surface area (Å²) in [6, 6.07) is 1.61. The van der Waals surface area contributed by atoms with Crippen molar-refractivity contribution in [1.29, 1.82) is 0 Å². The second-order valence-electron chi connectivity index (χ2n) is 3.66. The zero-order valence-corrected chi connectivity index (χ0v) is 9.30. The van der Waals surface area contributed by atoms with Crippen LogP contribution in [0.4, 0.5) is 0 Å². The summed E-state index contributed by atoms with van der Waals surface area (Å²) in [4.78, 5) is 22.0. The average Bonchev–Trinajstić information content (AvgIpc) is 2.64. The molecule has 6 nitrogen and oxygen atoms in total. The number of nitrogens with one attached hydrogen (secondary N) is 1. The van der Waals surface area contributed by atoms with Crippen LogP contribution in [0.2, 0.25) is 0 Å². The number of hydrogen-bond acceptors (Lipinski definition) is 3.